The molecule has 10 heteroatoms. The molecule has 4 rings (SSSR count). The number of benzene rings is 1. The van der Waals surface area contributed by atoms with Crippen molar-refractivity contribution in [1.82, 2.24) is 9.80 Å². The van der Waals surface area contributed by atoms with Crippen LogP contribution in [-0.2, 0) is 19.1 Å². The molecule has 1 aromatic rings. The van der Waals surface area contributed by atoms with Gasteiger partial charge in [-0.25, -0.2) is 0 Å². The second-order valence-electron chi connectivity index (χ2n) is 9.88. The number of alkyl halides is 1. The lowest BCUT2D eigenvalue weighted by Crippen LogP contribution is -2.58. The molecule has 1 N–H and O–H groups in total. The van der Waals surface area contributed by atoms with E-state index in [0.29, 0.717) is 24.4 Å². The molecule has 0 saturated carbocycles. The molecule has 3 unspecified atom stereocenters. The van der Waals surface area contributed by atoms with Gasteiger partial charge in [0.05, 0.1) is 37.7 Å². The van der Waals surface area contributed by atoms with Gasteiger partial charge >= 0.3 is 0 Å². The highest BCUT2D eigenvalue weighted by Crippen LogP contribution is 2.60. The minimum absolute atomic E-state index is 0.198. The summed E-state index contributed by atoms with van der Waals surface area (Å²) in [5.41, 5.74) is -0.603. The summed E-state index contributed by atoms with van der Waals surface area (Å²) in [4.78, 5) is 46.2. The monoisotopic (exact) mass is 575 g/mol. The third-order valence-corrected chi connectivity index (χ3v) is 8.57. The number of methoxy groups -OCH3 is 1. The number of nitrogens with zero attached hydrogens (tertiary/aromatic N) is 3. The number of anilines is 1. The fraction of sp³-hybridized carbons (Fsp3) is 0.519. The van der Waals surface area contributed by atoms with Crippen LogP contribution < -0.4 is 9.64 Å². The first kappa shape index (κ1) is 27.3. The van der Waals surface area contributed by atoms with Gasteiger partial charge in [0.25, 0.3) is 5.91 Å². The molecule has 200 valence electrons. The zero-order chi connectivity index (χ0) is 27.1. The minimum Gasteiger partial charge on any atom is -0.497 e. The molecular weight excluding hydrogens is 542 g/mol. The molecule has 3 saturated heterocycles. The number of hydrogen-bond acceptors (Lipinski definition) is 6. The average molecular weight is 576 g/mol. The van der Waals surface area contributed by atoms with Crippen LogP contribution in [-0.4, -0.2) is 95.1 Å². The quantitative estimate of drug-likeness (QED) is 0.338. The van der Waals surface area contributed by atoms with Crippen molar-refractivity contribution in [2.75, 3.05) is 38.8 Å². The Bertz CT molecular complexity index is 1080. The van der Waals surface area contributed by atoms with Crippen LogP contribution in [0.15, 0.2) is 49.6 Å². The third-order valence-electron chi connectivity index (χ3n) is 7.73. The van der Waals surface area contributed by atoms with E-state index in [1.165, 1.54) is 9.80 Å². The molecule has 3 aliphatic heterocycles. The van der Waals surface area contributed by atoms with Gasteiger partial charge in [-0.3, -0.25) is 14.4 Å². The van der Waals surface area contributed by atoms with E-state index in [9.17, 15) is 19.5 Å². The van der Waals surface area contributed by atoms with E-state index >= 15 is 0 Å². The molecule has 3 fully saturated rings. The maximum atomic E-state index is 14.4. The van der Waals surface area contributed by atoms with Crippen molar-refractivity contribution in [3.63, 3.8) is 0 Å². The topological polar surface area (TPSA) is 99.6 Å². The predicted molar refractivity (Wildman–Crippen MR) is 142 cm³/mol. The van der Waals surface area contributed by atoms with E-state index in [-0.39, 0.29) is 35.7 Å². The van der Waals surface area contributed by atoms with Gasteiger partial charge < -0.3 is 29.3 Å². The van der Waals surface area contributed by atoms with Crippen molar-refractivity contribution in [2.45, 2.75) is 42.0 Å². The van der Waals surface area contributed by atoms with Crippen LogP contribution in [0.1, 0.15) is 13.3 Å². The van der Waals surface area contributed by atoms with Crippen LogP contribution in [0.5, 0.6) is 5.75 Å². The maximum Gasteiger partial charge on any atom is 0.253 e. The van der Waals surface area contributed by atoms with Gasteiger partial charge in [-0.05, 0) is 37.6 Å². The zero-order valence-corrected chi connectivity index (χ0v) is 23.0. The summed E-state index contributed by atoms with van der Waals surface area (Å²) >= 11 is 3.67. The van der Waals surface area contributed by atoms with E-state index < -0.39 is 35.6 Å². The second kappa shape index (κ2) is 10.6. The average Bonchev–Trinajstić information content (AvgIpc) is 3.49. The first-order valence-corrected chi connectivity index (χ1v) is 13.3. The lowest BCUT2D eigenvalue weighted by molar-refractivity contribution is -0.146. The highest BCUT2D eigenvalue weighted by molar-refractivity contribution is 9.09. The zero-order valence-electron chi connectivity index (χ0n) is 21.4. The minimum atomic E-state index is -1.21. The van der Waals surface area contributed by atoms with Crippen molar-refractivity contribution in [3.05, 3.63) is 49.6 Å². The van der Waals surface area contributed by atoms with Crippen LogP contribution in [0.3, 0.4) is 0 Å². The van der Waals surface area contributed by atoms with Crippen LogP contribution in [0.25, 0.3) is 0 Å². The van der Waals surface area contributed by atoms with Gasteiger partial charge in [0, 0.05) is 30.7 Å². The van der Waals surface area contributed by atoms with Gasteiger partial charge in [0.2, 0.25) is 11.8 Å². The van der Waals surface area contributed by atoms with Gasteiger partial charge in [0.1, 0.15) is 17.4 Å². The summed E-state index contributed by atoms with van der Waals surface area (Å²) in [6, 6.07) is 5.36. The van der Waals surface area contributed by atoms with E-state index in [1.807, 2.05) is 0 Å². The molecule has 2 bridgehead atoms. The highest BCUT2D eigenvalue weighted by Gasteiger charge is 2.77. The molecule has 3 heterocycles. The Morgan fingerprint density at radius 3 is 2.49 bits per heavy atom. The van der Waals surface area contributed by atoms with Crippen molar-refractivity contribution < 1.29 is 29.0 Å². The first-order valence-electron chi connectivity index (χ1n) is 12.3. The molecule has 3 amide bonds. The van der Waals surface area contributed by atoms with Gasteiger partial charge in [0.15, 0.2) is 0 Å². The number of rotatable bonds is 10. The number of carbonyl (C=O) groups is 3. The van der Waals surface area contributed by atoms with Crippen molar-refractivity contribution in [3.8, 4) is 5.75 Å². The summed E-state index contributed by atoms with van der Waals surface area (Å²) < 4.78 is 11.8. The van der Waals surface area contributed by atoms with E-state index in [4.69, 9.17) is 9.47 Å². The number of aliphatic hydroxyl groups is 1. The fourth-order valence-electron chi connectivity index (χ4n) is 6.09. The summed E-state index contributed by atoms with van der Waals surface area (Å²) in [6.45, 7) is 9.40. The highest BCUT2D eigenvalue weighted by atomic mass is 79.9. The Labute approximate surface area is 225 Å². The molecule has 1 spiro atoms. The SMILES string of the molecule is C=CCN(C)C(=O)[C@H]1[C@@H]2OC3(CC2Br)C(C(=O)N(CC=C)c2ccc(OC)cc2)N([C@H](C)CO)C(=O)[C@H]13. The van der Waals surface area contributed by atoms with Crippen LogP contribution in [0.2, 0.25) is 0 Å². The maximum absolute atomic E-state index is 14.4. The Morgan fingerprint density at radius 2 is 1.92 bits per heavy atom. The molecule has 0 aliphatic carbocycles. The number of amides is 3. The van der Waals surface area contributed by atoms with E-state index in [0.717, 1.165) is 0 Å². The second-order valence-corrected chi connectivity index (χ2v) is 11.1. The number of fused-ring (bicyclic) bond motifs is 1. The molecule has 1 aromatic carbocycles. The summed E-state index contributed by atoms with van der Waals surface area (Å²) in [6.07, 6.45) is 3.08. The largest absolute Gasteiger partial charge is 0.497 e. The molecule has 7 atom stereocenters. The number of aliphatic hydroxyl groups excluding tert-OH is 1. The number of ether oxygens (including phenoxy) is 2. The third kappa shape index (κ3) is 4.28. The molecule has 3 aliphatic rings. The van der Waals surface area contributed by atoms with Gasteiger partial charge in [-0.2, -0.15) is 0 Å². The smallest absolute Gasteiger partial charge is 0.253 e. The normalized spacial score (nSPS) is 30.6. The van der Waals surface area contributed by atoms with Crippen LogP contribution in [0, 0.1) is 11.8 Å². The number of likely N-dealkylation sites (N-methyl/N-ethyl adjacent to an activating group) is 1. The Morgan fingerprint density at radius 1 is 1.27 bits per heavy atom. The molecular formula is C27H34BrN3O6. The lowest BCUT2D eigenvalue weighted by Gasteiger charge is -2.38. The summed E-state index contributed by atoms with van der Waals surface area (Å²) in [7, 11) is 3.23. The molecule has 0 radical (unpaired) electrons. The van der Waals surface area contributed by atoms with Gasteiger partial charge in [-0.1, -0.05) is 28.1 Å². The summed E-state index contributed by atoms with van der Waals surface area (Å²) in [5.74, 6) is -1.87. The number of halogens is 1. The van der Waals surface area contributed by atoms with Crippen LogP contribution >= 0.6 is 15.9 Å². The Balaban J connectivity index is 1.80. The van der Waals surface area contributed by atoms with Crippen molar-refractivity contribution in [2.24, 2.45) is 11.8 Å². The number of likely N-dealkylation sites (tertiary alicyclic amines) is 1. The van der Waals surface area contributed by atoms with Crippen molar-refractivity contribution in [1.29, 1.82) is 0 Å². The van der Waals surface area contributed by atoms with E-state index in [2.05, 4.69) is 29.1 Å². The Kier molecular flexibility index (Phi) is 7.83. The lowest BCUT2D eigenvalue weighted by atomic mass is 9.70. The van der Waals surface area contributed by atoms with E-state index in [1.54, 1.807) is 62.4 Å². The summed E-state index contributed by atoms with van der Waals surface area (Å²) in [5, 5.41) is 10.1. The fourth-order valence-corrected chi connectivity index (χ4v) is 7.03. The number of carbonyl (C=O) groups excluding carboxylic acids is 3. The molecule has 37 heavy (non-hydrogen) atoms. The Hall–Kier alpha value is -2.69. The first-order chi connectivity index (χ1) is 17.7. The van der Waals surface area contributed by atoms with Gasteiger partial charge in [-0.15, -0.1) is 13.2 Å². The predicted octanol–water partition coefficient (Wildman–Crippen LogP) is 1.99. The molecule has 9 nitrogen and oxygen atoms in total. The molecule has 0 aromatic heterocycles. The van der Waals surface area contributed by atoms with Crippen LogP contribution in [0.4, 0.5) is 5.69 Å². The standard InChI is InChI=1S/C27H34BrN3O6/c1-6-12-29(4)24(33)20-21-25(34)31(16(3)15-32)23(27(21)14-19(28)22(20)37-27)26(35)30(13-7-2)17-8-10-18(36-5)11-9-17/h6-11,16,19-23,32H,1-2,12-15H2,3-5H3/t16-,19?,20-,21+,22-,23?,27?/m1/s1. The van der Waals surface area contributed by atoms with Crippen molar-refractivity contribution >= 4 is 39.3 Å². The number of hydrogen-bond donors (Lipinski definition) is 1.